The van der Waals surface area contributed by atoms with Gasteiger partial charge in [0.25, 0.3) is 10.0 Å². The maximum Gasteiger partial charge on any atom is 0.261 e. The Kier molecular flexibility index (Phi) is 7.31. The van der Waals surface area contributed by atoms with E-state index >= 15 is 0 Å². The number of amides is 1. The third kappa shape index (κ3) is 6.58. The lowest BCUT2D eigenvalue weighted by Crippen LogP contribution is -2.14. The van der Waals surface area contributed by atoms with E-state index in [9.17, 15) is 13.2 Å². The number of carbonyl (C=O) groups is 1. The van der Waals surface area contributed by atoms with Crippen LogP contribution in [0, 0.1) is 6.92 Å². The molecule has 162 valence electrons. The fraction of sp³-hybridized carbons (Fsp3) is 0.208. The van der Waals surface area contributed by atoms with Crippen molar-refractivity contribution in [1.82, 2.24) is 0 Å². The van der Waals surface area contributed by atoms with Gasteiger partial charge in [-0.15, -0.1) is 0 Å². The summed E-state index contributed by atoms with van der Waals surface area (Å²) in [5.41, 5.74) is 3.27. The molecule has 0 aliphatic carbocycles. The van der Waals surface area contributed by atoms with Crippen LogP contribution >= 0.6 is 0 Å². The molecule has 0 atom stereocenters. The first-order chi connectivity index (χ1) is 14.9. The molecule has 0 bridgehead atoms. The molecule has 2 N–H and O–H groups in total. The SMILES string of the molecule is CCOc1ccc(NS(=O)(=O)c2ccc(NC(=O)CCc3ccc(C)cc3)cc2)cc1. The zero-order chi connectivity index (χ0) is 22.3. The number of rotatable bonds is 9. The Bertz CT molecular complexity index is 1110. The minimum absolute atomic E-state index is 0.110. The van der Waals surface area contributed by atoms with E-state index in [2.05, 4.69) is 10.0 Å². The molecule has 3 aromatic rings. The second kappa shape index (κ2) is 10.1. The Morgan fingerprint density at radius 2 is 1.48 bits per heavy atom. The van der Waals surface area contributed by atoms with Crippen LogP contribution in [0.5, 0.6) is 5.75 Å². The average Bonchev–Trinajstić information content (AvgIpc) is 2.75. The van der Waals surface area contributed by atoms with Crippen LogP contribution in [0.2, 0.25) is 0 Å². The van der Waals surface area contributed by atoms with Crippen LogP contribution < -0.4 is 14.8 Å². The molecule has 0 aliphatic rings. The molecular formula is C24H26N2O4S. The highest BCUT2D eigenvalue weighted by molar-refractivity contribution is 7.92. The van der Waals surface area contributed by atoms with E-state index in [0.717, 1.165) is 5.56 Å². The zero-order valence-electron chi connectivity index (χ0n) is 17.6. The van der Waals surface area contributed by atoms with Crippen LogP contribution in [0.25, 0.3) is 0 Å². The second-order valence-corrected chi connectivity index (χ2v) is 8.80. The minimum atomic E-state index is -3.74. The van der Waals surface area contributed by atoms with Gasteiger partial charge in [-0.3, -0.25) is 9.52 Å². The first-order valence-corrected chi connectivity index (χ1v) is 11.5. The van der Waals surface area contributed by atoms with Crippen molar-refractivity contribution in [2.45, 2.75) is 31.6 Å². The van der Waals surface area contributed by atoms with Gasteiger partial charge in [-0.25, -0.2) is 8.42 Å². The van der Waals surface area contributed by atoms with Crippen molar-refractivity contribution in [2.75, 3.05) is 16.6 Å². The number of nitrogens with one attached hydrogen (secondary N) is 2. The molecule has 0 fully saturated rings. The molecule has 0 spiro atoms. The van der Waals surface area contributed by atoms with E-state index in [0.29, 0.717) is 36.6 Å². The number of ether oxygens (including phenoxy) is 1. The van der Waals surface area contributed by atoms with Crippen LogP contribution in [0.3, 0.4) is 0 Å². The summed E-state index contributed by atoms with van der Waals surface area (Å²) in [6, 6.07) is 20.9. The Balaban J connectivity index is 1.56. The summed E-state index contributed by atoms with van der Waals surface area (Å²) in [4.78, 5) is 12.3. The van der Waals surface area contributed by atoms with Crippen molar-refractivity contribution in [3.05, 3.63) is 83.9 Å². The third-order valence-corrected chi connectivity index (χ3v) is 6.02. The summed E-state index contributed by atoms with van der Waals surface area (Å²) in [5, 5.41) is 2.80. The molecule has 0 aliphatic heterocycles. The Morgan fingerprint density at radius 1 is 0.871 bits per heavy atom. The lowest BCUT2D eigenvalue weighted by molar-refractivity contribution is -0.116. The van der Waals surface area contributed by atoms with Crippen molar-refractivity contribution in [2.24, 2.45) is 0 Å². The summed E-state index contributed by atoms with van der Waals surface area (Å²) >= 11 is 0. The van der Waals surface area contributed by atoms with Crippen LogP contribution in [0.1, 0.15) is 24.5 Å². The molecule has 31 heavy (non-hydrogen) atoms. The largest absolute Gasteiger partial charge is 0.494 e. The molecule has 3 aromatic carbocycles. The van der Waals surface area contributed by atoms with Crippen molar-refractivity contribution < 1.29 is 17.9 Å². The summed E-state index contributed by atoms with van der Waals surface area (Å²) in [5.74, 6) is 0.552. The Labute approximate surface area is 183 Å². The van der Waals surface area contributed by atoms with Crippen molar-refractivity contribution in [3.63, 3.8) is 0 Å². The van der Waals surface area contributed by atoms with Gasteiger partial charge in [0, 0.05) is 17.8 Å². The summed E-state index contributed by atoms with van der Waals surface area (Å²) in [6.07, 6.45) is 0.993. The highest BCUT2D eigenvalue weighted by Crippen LogP contribution is 2.21. The van der Waals surface area contributed by atoms with Gasteiger partial charge in [-0.2, -0.15) is 0 Å². The van der Waals surface area contributed by atoms with E-state index in [1.165, 1.54) is 17.7 Å². The summed E-state index contributed by atoms with van der Waals surface area (Å²) in [7, 11) is -3.74. The number of sulfonamides is 1. The fourth-order valence-electron chi connectivity index (χ4n) is 2.95. The number of hydrogen-bond donors (Lipinski definition) is 2. The summed E-state index contributed by atoms with van der Waals surface area (Å²) in [6.45, 7) is 4.45. The standard InChI is InChI=1S/C24H26N2O4S/c1-3-30-22-13-9-21(10-14-22)26-31(28,29)23-15-11-20(12-16-23)25-24(27)17-8-19-6-4-18(2)5-7-19/h4-7,9-16,26H,3,8,17H2,1-2H3,(H,25,27). The lowest BCUT2D eigenvalue weighted by atomic mass is 10.1. The van der Waals surface area contributed by atoms with Crippen LogP contribution in [-0.2, 0) is 21.2 Å². The molecule has 1 amide bonds. The Hall–Kier alpha value is -3.32. The number of anilines is 2. The predicted molar refractivity (Wildman–Crippen MR) is 123 cm³/mol. The molecular weight excluding hydrogens is 412 g/mol. The molecule has 0 saturated heterocycles. The van der Waals surface area contributed by atoms with Gasteiger partial charge in [0.05, 0.1) is 11.5 Å². The van der Waals surface area contributed by atoms with Gasteiger partial charge in [0.1, 0.15) is 5.75 Å². The zero-order valence-corrected chi connectivity index (χ0v) is 18.4. The van der Waals surface area contributed by atoms with Crippen molar-refractivity contribution in [1.29, 1.82) is 0 Å². The van der Waals surface area contributed by atoms with Crippen molar-refractivity contribution >= 4 is 27.3 Å². The average molecular weight is 439 g/mol. The van der Waals surface area contributed by atoms with Crippen LogP contribution in [0.15, 0.2) is 77.7 Å². The maximum absolute atomic E-state index is 12.6. The first-order valence-electron chi connectivity index (χ1n) is 10.1. The minimum Gasteiger partial charge on any atom is -0.494 e. The summed E-state index contributed by atoms with van der Waals surface area (Å²) < 4.78 is 33.1. The molecule has 0 heterocycles. The monoisotopic (exact) mass is 438 g/mol. The van der Waals surface area contributed by atoms with E-state index < -0.39 is 10.0 Å². The molecule has 7 heteroatoms. The quantitative estimate of drug-likeness (QED) is 0.504. The highest BCUT2D eigenvalue weighted by atomic mass is 32.2. The third-order valence-electron chi connectivity index (χ3n) is 4.63. The van der Waals surface area contributed by atoms with Gasteiger partial charge in [0.15, 0.2) is 0 Å². The Morgan fingerprint density at radius 3 is 2.10 bits per heavy atom. The van der Waals surface area contributed by atoms with Gasteiger partial charge < -0.3 is 10.1 Å². The van der Waals surface area contributed by atoms with Crippen molar-refractivity contribution in [3.8, 4) is 5.75 Å². The van der Waals surface area contributed by atoms with Gasteiger partial charge in [-0.1, -0.05) is 29.8 Å². The number of aryl methyl sites for hydroxylation is 2. The normalized spacial score (nSPS) is 11.0. The van der Waals surface area contributed by atoms with E-state index in [-0.39, 0.29) is 10.8 Å². The number of hydrogen-bond acceptors (Lipinski definition) is 4. The smallest absolute Gasteiger partial charge is 0.261 e. The van der Waals surface area contributed by atoms with E-state index in [4.69, 9.17) is 4.74 Å². The fourth-order valence-corrected chi connectivity index (χ4v) is 4.01. The molecule has 0 unspecified atom stereocenters. The molecule has 6 nitrogen and oxygen atoms in total. The molecule has 0 saturated carbocycles. The van der Waals surface area contributed by atoms with E-state index in [1.807, 2.05) is 38.1 Å². The number of carbonyl (C=O) groups excluding carboxylic acids is 1. The highest BCUT2D eigenvalue weighted by Gasteiger charge is 2.14. The van der Waals surface area contributed by atoms with Crippen LogP contribution in [0.4, 0.5) is 11.4 Å². The molecule has 0 aromatic heterocycles. The van der Waals surface area contributed by atoms with Gasteiger partial charge >= 0.3 is 0 Å². The molecule has 3 rings (SSSR count). The lowest BCUT2D eigenvalue weighted by Gasteiger charge is -2.10. The topological polar surface area (TPSA) is 84.5 Å². The predicted octanol–water partition coefficient (Wildman–Crippen LogP) is 4.77. The van der Waals surface area contributed by atoms with Gasteiger partial charge in [0.2, 0.25) is 5.91 Å². The maximum atomic E-state index is 12.6. The van der Waals surface area contributed by atoms with E-state index in [1.54, 1.807) is 36.4 Å². The number of benzene rings is 3. The second-order valence-electron chi connectivity index (χ2n) is 7.12. The van der Waals surface area contributed by atoms with Crippen LogP contribution in [-0.4, -0.2) is 20.9 Å². The first kappa shape index (κ1) is 22.4. The van der Waals surface area contributed by atoms with Gasteiger partial charge in [-0.05, 0) is 74.4 Å². The molecule has 0 radical (unpaired) electrons.